The van der Waals surface area contributed by atoms with Crippen molar-refractivity contribution in [1.29, 1.82) is 5.26 Å². The number of anilines is 1. The van der Waals surface area contributed by atoms with Gasteiger partial charge in [0.1, 0.15) is 6.07 Å². The number of nitrogens with zero attached hydrogens (tertiary/aromatic N) is 3. The molecule has 6 nitrogen and oxygen atoms in total. The average molecular weight is 220 g/mol. The van der Waals surface area contributed by atoms with Crippen LogP contribution in [0.25, 0.3) is 0 Å². The van der Waals surface area contributed by atoms with E-state index in [1.165, 1.54) is 12.3 Å². The minimum atomic E-state index is -0.540. The molecule has 0 atom stereocenters. The summed E-state index contributed by atoms with van der Waals surface area (Å²) < 4.78 is 0. The van der Waals surface area contributed by atoms with Gasteiger partial charge in [-0.25, -0.2) is 4.98 Å². The van der Waals surface area contributed by atoms with Gasteiger partial charge in [0.25, 0.3) is 0 Å². The number of hydrogen-bond donors (Lipinski definition) is 1. The number of nitrogens with one attached hydrogen (secondary N) is 1. The molecule has 1 heterocycles. The van der Waals surface area contributed by atoms with E-state index in [4.69, 9.17) is 5.26 Å². The van der Waals surface area contributed by atoms with Crippen molar-refractivity contribution in [3.8, 4) is 6.07 Å². The van der Waals surface area contributed by atoms with E-state index in [-0.39, 0.29) is 17.1 Å². The third-order valence-electron chi connectivity index (χ3n) is 2.02. The largest absolute Gasteiger partial charge is 0.364 e. The van der Waals surface area contributed by atoms with Gasteiger partial charge in [-0.1, -0.05) is 13.3 Å². The van der Waals surface area contributed by atoms with E-state index in [2.05, 4.69) is 10.3 Å². The number of nitro groups is 1. The molecular formula is C10H12N4O2. The summed E-state index contributed by atoms with van der Waals surface area (Å²) in [6, 6.07) is 3.05. The Hall–Kier alpha value is -2.16. The van der Waals surface area contributed by atoms with Gasteiger partial charge in [-0.3, -0.25) is 10.1 Å². The quantitative estimate of drug-likeness (QED) is 0.466. The van der Waals surface area contributed by atoms with Crippen LogP contribution in [0.5, 0.6) is 0 Å². The summed E-state index contributed by atoms with van der Waals surface area (Å²) in [6.07, 6.45) is 3.23. The third-order valence-corrected chi connectivity index (χ3v) is 2.02. The van der Waals surface area contributed by atoms with Crippen molar-refractivity contribution in [3.63, 3.8) is 0 Å². The summed E-state index contributed by atoms with van der Waals surface area (Å²) in [4.78, 5) is 14.1. The van der Waals surface area contributed by atoms with Gasteiger partial charge >= 0.3 is 5.69 Å². The Bertz CT molecular complexity index is 425. The highest BCUT2D eigenvalue weighted by atomic mass is 16.6. The van der Waals surface area contributed by atoms with Crippen molar-refractivity contribution in [3.05, 3.63) is 27.9 Å². The van der Waals surface area contributed by atoms with E-state index < -0.39 is 4.92 Å². The molecule has 0 radical (unpaired) electrons. The van der Waals surface area contributed by atoms with Crippen molar-refractivity contribution in [1.82, 2.24) is 4.98 Å². The SMILES string of the molecule is CCCCNc1ncc(C#N)cc1[N+](=O)[O-]. The fraction of sp³-hybridized carbons (Fsp3) is 0.400. The average Bonchev–Trinajstić information content (AvgIpc) is 2.29. The molecule has 1 rings (SSSR count). The standard InChI is InChI=1S/C10H12N4O2/c1-2-3-4-12-10-9(14(15)16)5-8(6-11)7-13-10/h5,7H,2-4H2,1H3,(H,12,13). The topological polar surface area (TPSA) is 91.8 Å². The summed E-state index contributed by atoms with van der Waals surface area (Å²) in [5, 5.41) is 22.2. The van der Waals surface area contributed by atoms with E-state index >= 15 is 0 Å². The Labute approximate surface area is 93.1 Å². The van der Waals surface area contributed by atoms with Gasteiger partial charge in [0.15, 0.2) is 0 Å². The van der Waals surface area contributed by atoms with Crippen molar-refractivity contribution >= 4 is 11.5 Å². The molecule has 84 valence electrons. The molecule has 16 heavy (non-hydrogen) atoms. The second-order valence-corrected chi connectivity index (χ2v) is 3.24. The predicted molar refractivity (Wildman–Crippen MR) is 59.0 cm³/mol. The van der Waals surface area contributed by atoms with Crippen LogP contribution in [0.1, 0.15) is 25.3 Å². The lowest BCUT2D eigenvalue weighted by atomic mass is 10.2. The lowest BCUT2D eigenvalue weighted by molar-refractivity contribution is -0.384. The van der Waals surface area contributed by atoms with Crippen molar-refractivity contribution in [2.75, 3.05) is 11.9 Å². The van der Waals surface area contributed by atoms with Crippen molar-refractivity contribution in [2.45, 2.75) is 19.8 Å². The third kappa shape index (κ3) is 2.92. The molecule has 0 spiro atoms. The maximum absolute atomic E-state index is 10.7. The number of pyridine rings is 1. The zero-order valence-electron chi connectivity index (χ0n) is 8.93. The van der Waals surface area contributed by atoms with Crippen LogP contribution in [0.15, 0.2) is 12.3 Å². The van der Waals surface area contributed by atoms with Crippen LogP contribution >= 0.6 is 0 Å². The summed E-state index contributed by atoms with van der Waals surface area (Å²) >= 11 is 0. The van der Waals surface area contributed by atoms with E-state index in [1.807, 2.05) is 13.0 Å². The second-order valence-electron chi connectivity index (χ2n) is 3.24. The van der Waals surface area contributed by atoms with Gasteiger partial charge in [-0.15, -0.1) is 0 Å². The second kappa shape index (κ2) is 5.66. The Morgan fingerprint density at radius 2 is 2.44 bits per heavy atom. The van der Waals surface area contributed by atoms with Crippen LogP contribution in [0.2, 0.25) is 0 Å². The summed E-state index contributed by atoms with van der Waals surface area (Å²) in [6.45, 7) is 2.67. The monoisotopic (exact) mass is 220 g/mol. The highest BCUT2D eigenvalue weighted by Crippen LogP contribution is 2.22. The van der Waals surface area contributed by atoms with Gasteiger partial charge in [-0.2, -0.15) is 5.26 Å². The Kier molecular flexibility index (Phi) is 4.21. The molecule has 1 aromatic heterocycles. The van der Waals surface area contributed by atoms with E-state index in [1.54, 1.807) is 0 Å². The number of aromatic nitrogens is 1. The molecule has 0 aliphatic carbocycles. The van der Waals surface area contributed by atoms with Crippen molar-refractivity contribution < 1.29 is 4.92 Å². The molecule has 0 bridgehead atoms. The molecule has 0 unspecified atom stereocenters. The maximum Gasteiger partial charge on any atom is 0.312 e. The van der Waals surface area contributed by atoms with Crippen LogP contribution in [0.3, 0.4) is 0 Å². The summed E-state index contributed by atoms with van der Waals surface area (Å²) in [7, 11) is 0. The molecule has 0 fully saturated rings. The van der Waals surface area contributed by atoms with Gasteiger partial charge < -0.3 is 5.32 Å². The first kappa shape index (κ1) is 11.9. The molecule has 0 saturated carbocycles. The van der Waals surface area contributed by atoms with Crippen molar-refractivity contribution in [2.24, 2.45) is 0 Å². The van der Waals surface area contributed by atoms with Crippen LogP contribution in [-0.4, -0.2) is 16.5 Å². The highest BCUT2D eigenvalue weighted by molar-refractivity contribution is 5.58. The molecule has 6 heteroatoms. The molecule has 1 aromatic rings. The number of nitriles is 1. The number of rotatable bonds is 5. The fourth-order valence-corrected chi connectivity index (χ4v) is 1.17. The summed E-state index contributed by atoms with van der Waals surface area (Å²) in [5.41, 5.74) is 0.0305. The van der Waals surface area contributed by atoms with E-state index in [0.717, 1.165) is 12.8 Å². The zero-order valence-corrected chi connectivity index (χ0v) is 8.93. The molecule has 0 aromatic carbocycles. The Morgan fingerprint density at radius 1 is 1.69 bits per heavy atom. The lowest BCUT2D eigenvalue weighted by Gasteiger charge is -2.04. The lowest BCUT2D eigenvalue weighted by Crippen LogP contribution is -2.06. The van der Waals surface area contributed by atoms with E-state index in [0.29, 0.717) is 6.54 Å². The zero-order chi connectivity index (χ0) is 12.0. The summed E-state index contributed by atoms with van der Waals surface area (Å²) in [5.74, 6) is 0.220. The van der Waals surface area contributed by atoms with Crippen LogP contribution < -0.4 is 5.32 Å². The highest BCUT2D eigenvalue weighted by Gasteiger charge is 2.15. The molecule has 0 aliphatic heterocycles. The normalized spacial score (nSPS) is 9.50. The smallest absolute Gasteiger partial charge is 0.312 e. The van der Waals surface area contributed by atoms with Gasteiger partial charge in [-0.05, 0) is 6.42 Å². The molecule has 1 N–H and O–H groups in total. The first-order chi connectivity index (χ1) is 7.69. The number of hydrogen-bond acceptors (Lipinski definition) is 5. The van der Waals surface area contributed by atoms with Crippen LogP contribution in [0, 0.1) is 21.4 Å². The van der Waals surface area contributed by atoms with Crippen LogP contribution in [0.4, 0.5) is 11.5 Å². The minimum absolute atomic E-state index is 0.157. The Balaban J connectivity index is 2.91. The maximum atomic E-state index is 10.7. The van der Waals surface area contributed by atoms with Gasteiger partial charge in [0.2, 0.25) is 5.82 Å². The molecular weight excluding hydrogens is 208 g/mol. The predicted octanol–water partition coefficient (Wildman–Crippen LogP) is 2.07. The van der Waals surface area contributed by atoms with Gasteiger partial charge in [0, 0.05) is 18.8 Å². The number of unbranched alkanes of at least 4 members (excludes halogenated alkanes) is 1. The Morgan fingerprint density at radius 3 is 3.00 bits per heavy atom. The minimum Gasteiger partial charge on any atom is -0.364 e. The van der Waals surface area contributed by atoms with Gasteiger partial charge in [0.05, 0.1) is 10.5 Å². The molecule has 0 amide bonds. The fourth-order valence-electron chi connectivity index (χ4n) is 1.17. The first-order valence-electron chi connectivity index (χ1n) is 4.97. The molecule has 0 saturated heterocycles. The van der Waals surface area contributed by atoms with E-state index in [9.17, 15) is 10.1 Å². The molecule has 0 aliphatic rings. The van der Waals surface area contributed by atoms with Crippen LogP contribution in [-0.2, 0) is 0 Å². The first-order valence-corrected chi connectivity index (χ1v) is 4.97.